The SMILES string of the molecule is CCCc1nnc2c3cc(OC)c(OC)cc3nc(C)n12. The summed E-state index contributed by atoms with van der Waals surface area (Å²) >= 11 is 0. The number of rotatable bonds is 4. The van der Waals surface area contributed by atoms with E-state index in [1.165, 1.54) is 0 Å². The first-order valence-electron chi connectivity index (χ1n) is 6.96. The van der Waals surface area contributed by atoms with E-state index < -0.39 is 0 Å². The third kappa shape index (κ3) is 2.07. The van der Waals surface area contributed by atoms with Crippen LogP contribution in [0.4, 0.5) is 0 Å². The van der Waals surface area contributed by atoms with Crippen LogP contribution in [-0.4, -0.2) is 33.8 Å². The summed E-state index contributed by atoms with van der Waals surface area (Å²) in [5.41, 5.74) is 1.63. The molecule has 0 amide bonds. The van der Waals surface area contributed by atoms with Crippen LogP contribution < -0.4 is 9.47 Å². The van der Waals surface area contributed by atoms with E-state index in [1.54, 1.807) is 14.2 Å². The Bertz CT molecular complexity index is 810. The molecule has 2 aromatic heterocycles. The molecule has 0 bridgehead atoms. The number of hydrogen-bond acceptors (Lipinski definition) is 5. The highest BCUT2D eigenvalue weighted by atomic mass is 16.5. The molecule has 0 radical (unpaired) electrons. The van der Waals surface area contributed by atoms with Crippen molar-refractivity contribution in [2.45, 2.75) is 26.7 Å². The molecule has 0 saturated heterocycles. The van der Waals surface area contributed by atoms with Crippen molar-refractivity contribution < 1.29 is 9.47 Å². The number of fused-ring (bicyclic) bond motifs is 3. The molecule has 0 unspecified atom stereocenters. The normalized spacial score (nSPS) is 11.2. The second kappa shape index (κ2) is 5.20. The zero-order chi connectivity index (χ0) is 15.0. The molecular weight excluding hydrogens is 268 g/mol. The number of benzene rings is 1. The van der Waals surface area contributed by atoms with Crippen molar-refractivity contribution in [2.75, 3.05) is 14.2 Å². The molecule has 3 rings (SSSR count). The van der Waals surface area contributed by atoms with Crippen LogP contribution in [0.3, 0.4) is 0 Å². The van der Waals surface area contributed by atoms with Crippen molar-refractivity contribution in [1.29, 1.82) is 0 Å². The maximum Gasteiger partial charge on any atom is 0.171 e. The van der Waals surface area contributed by atoms with E-state index in [9.17, 15) is 0 Å². The third-order valence-corrected chi connectivity index (χ3v) is 3.55. The molecule has 0 atom stereocenters. The van der Waals surface area contributed by atoms with Crippen LogP contribution in [0.5, 0.6) is 11.5 Å². The zero-order valence-electron chi connectivity index (χ0n) is 12.7. The highest BCUT2D eigenvalue weighted by molar-refractivity contribution is 5.93. The van der Waals surface area contributed by atoms with E-state index in [1.807, 2.05) is 23.5 Å². The zero-order valence-corrected chi connectivity index (χ0v) is 12.7. The van der Waals surface area contributed by atoms with E-state index in [-0.39, 0.29) is 0 Å². The monoisotopic (exact) mass is 286 g/mol. The van der Waals surface area contributed by atoms with Crippen molar-refractivity contribution in [3.63, 3.8) is 0 Å². The standard InChI is InChI=1S/C15H18N4O2/c1-5-6-14-17-18-15-10-7-12(20-3)13(21-4)8-11(10)16-9(2)19(14)15/h7-8H,5-6H2,1-4H3. The van der Waals surface area contributed by atoms with Gasteiger partial charge in [0.1, 0.15) is 11.6 Å². The van der Waals surface area contributed by atoms with E-state index in [2.05, 4.69) is 22.1 Å². The van der Waals surface area contributed by atoms with E-state index >= 15 is 0 Å². The van der Waals surface area contributed by atoms with Gasteiger partial charge in [-0.25, -0.2) is 4.98 Å². The lowest BCUT2D eigenvalue weighted by molar-refractivity contribution is 0.356. The van der Waals surface area contributed by atoms with Crippen molar-refractivity contribution in [3.8, 4) is 11.5 Å². The summed E-state index contributed by atoms with van der Waals surface area (Å²) in [6, 6.07) is 3.77. The molecule has 0 aliphatic rings. The Balaban J connectivity index is 2.37. The molecule has 0 spiro atoms. The van der Waals surface area contributed by atoms with Gasteiger partial charge in [-0.15, -0.1) is 10.2 Å². The highest BCUT2D eigenvalue weighted by Crippen LogP contribution is 2.33. The Morgan fingerprint density at radius 2 is 1.81 bits per heavy atom. The maximum absolute atomic E-state index is 5.37. The Morgan fingerprint density at radius 1 is 1.10 bits per heavy atom. The predicted molar refractivity (Wildman–Crippen MR) is 80.1 cm³/mol. The van der Waals surface area contributed by atoms with E-state index in [4.69, 9.17) is 9.47 Å². The second-order valence-corrected chi connectivity index (χ2v) is 4.91. The minimum atomic E-state index is 0.662. The van der Waals surface area contributed by atoms with Gasteiger partial charge in [0, 0.05) is 17.9 Å². The Hall–Kier alpha value is -2.37. The number of aryl methyl sites for hydroxylation is 2. The molecular formula is C15H18N4O2. The van der Waals surface area contributed by atoms with Gasteiger partial charge in [0.25, 0.3) is 0 Å². The molecule has 21 heavy (non-hydrogen) atoms. The maximum atomic E-state index is 5.37. The average Bonchev–Trinajstić information content (AvgIpc) is 2.91. The molecule has 110 valence electrons. The van der Waals surface area contributed by atoms with Crippen LogP contribution in [0.2, 0.25) is 0 Å². The molecule has 6 nitrogen and oxygen atoms in total. The van der Waals surface area contributed by atoms with Gasteiger partial charge >= 0.3 is 0 Å². The van der Waals surface area contributed by atoms with Crippen LogP contribution in [0.15, 0.2) is 12.1 Å². The topological polar surface area (TPSA) is 61.5 Å². The van der Waals surface area contributed by atoms with Crippen molar-refractivity contribution in [2.24, 2.45) is 0 Å². The molecule has 0 saturated carbocycles. The number of methoxy groups -OCH3 is 2. The van der Waals surface area contributed by atoms with Crippen molar-refractivity contribution >= 4 is 16.6 Å². The molecule has 0 N–H and O–H groups in total. The van der Waals surface area contributed by atoms with Gasteiger partial charge in [0.05, 0.1) is 19.7 Å². The van der Waals surface area contributed by atoms with Gasteiger partial charge in [0.2, 0.25) is 0 Å². The Labute approximate surface area is 122 Å². The fourth-order valence-corrected chi connectivity index (χ4v) is 2.58. The lowest BCUT2D eigenvalue weighted by atomic mass is 10.2. The van der Waals surface area contributed by atoms with Crippen molar-refractivity contribution in [1.82, 2.24) is 19.6 Å². The summed E-state index contributed by atoms with van der Waals surface area (Å²) in [5.74, 6) is 3.14. The van der Waals surface area contributed by atoms with Gasteiger partial charge in [-0.2, -0.15) is 0 Å². The van der Waals surface area contributed by atoms with Gasteiger partial charge in [-0.05, 0) is 19.4 Å². The first kappa shape index (κ1) is 13.6. The lowest BCUT2D eigenvalue weighted by Crippen LogP contribution is -2.02. The smallest absolute Gasteiger partial charge is 0.171 e. The van der Waals surface area contributed by atoms with Gasteiger partial charge < -0.3 is 9.47 Å². The van der Waals surface area contributed by atoms with E-state index in [0.717, 1.165) is 41.0 Å². The van der Waals surface area contributed by atoms with Crippen LogP contribution >= 0.6 is 0 Å². The molecule has 6 heteroatoms. The van der Waals surface area contributed by atoms with Crippen LogP contribution in [0.25, 0.3) is 16.6 Å². The van der Waals surface area contributed by atoms with Gasteiger partial charge in [-0.1, -0.05) is 6.92 Å². The van der Waals surface area contributed by atoms with Gasteiger partial charge in [0.15, 0.2) is 17.1 Å². The first-order chi connectivity index (χ1) is 10.2. The molecule has 3 aromatic rings. The minimum absolute atomic E-state index is 0.662. The predicted octanol–water partition coefficient (Wildman–Crippen LogP) is 2.56. The Morgan fingerprint density at radius 3 is 2.48 bits per heavy atom. The summed E-state index contributed by atoms with van der Waals surface area (Å²) < 4.78 is 12.7. The fraction of sp³-hybridized carbons (Fsp3) is 0.400. The largest absolute Gasteiger partial charge is 0.493 e. The molecule has 0 aliphatic carbocycles. The first-order valence-corrected chi connectivity index (χ1v) is 6.96. The van der Waals surface area contributed by atoms with E-state index in [0.29, 0.717) is 11.5 Å². The number of aromatic nitrogens is 4. The molecule has 0 aliphatic heterocycles. The summed E-state index contributed by atoms with van der Waals surface area (Å²) in [4.78, 5) is 4.65. The van der Waals surface area contributed by atoms with Crippen molar-refractivity contribution in [3.05, 3.63) is 23.8 Å². The quantitative estimate of drug-likeness (QED) is 0.737. The third-order valence-electron chi connectivity index (χ3n) is 3.55. The molecule has 1 aromatic carbocycles. The molecule has 0 fully saturated rings. The average molecular weight is 286 g/mol. The minimum Gasteiger partial charge on any atom is -0.493 e. The van der Waals surface area contributed by atoms with Crippen LogP contribution in [-0.2, 0) is 6.42 Å². The highest BCUT2D eigenvalue weighted by Gasteiger charge is 2.15. The summed E-state index contributed by atoms with van der Waals surface area (Å²) in [7, 11) is 3.24. The number of nitrogens with zero attached hydrogens (tertiary/aromatic N) is 4. The summed E-state index contributed by atoms with van der Waals surface area (Å²) in [6.07, 6.45) is 1.90. The number of hydrogen-bond donors (Lipinski definition) is 0. The summed E-state index contributed by atoms with van der Waals surface area (Å²) in [6.45, 7) is 4.09. The lowest BCUT2D eigenvalue weighted by Gasteiger charge is -2.10. The number of ether oxygens (including phenoxy) is 2. The van der Waals surface area contributed by atoms with Gasteiger partial charge in [-0.3, -0.25) is 4.40 Å². The Kier molecular flexibility index (Phi) is 3.37. The van der Waals surface area contributed by atoms with Crippen LogP contribution in [0.1, 0.15) is 25.0 Å². The molecule has 2 heterocycles. The van der Waals surface area contributed by atoms with Crippen LogP contribution in [0, 0.1) is 6.92 Å². The second-order valence-electron chi connectivity index (χ2n) is 4.91. The fourth-order valence-electron chi connectivity index (χ4n) is 2.58. The summed E-state index contributed by atoms with van der Waals surface area (Å²) in [5, 5.41) is 9.54.